The standard InChI is InChI=1S/C29H35N3O4/c1-8-21-14-9-10-15-23(21)25(26(33)31-24-18(2)12-11-13-19(24)3)32(22-16-17-22)27(34)20(4)30-28(35)36-29(5,6)7/h1,9-15,20,22,25H,16-17H2,2-7H3,(H,30,35)(H,31,33). The number of nitrogens with one attached hydrogen (secondary N) is 2. The number of ether oxygens (including phenoxy) is 1. The molecule has 0 bridgehead atoms. The summed E-state index contributed by atoms with van der Waals surface area (Å²) in [5, 5.41) is 5.66. The van der Waals surface area contributed by atoms with Crippen molar-refractivity contribution in [1.82, 2.24) is 10.2 Å². The van der Waals surface area contributed by atoms with Crippen molar-refractivity contribution in [3.05, 3.63) is 64.7 Å². The van der Waals surface area contributed by atoms with Gasteiger partial charge in [0.15, 0.2) is 0 Å². The van der Waals surface area contributed by atoms with Gasteiger partial charge < -0.3 is 20.3 Å². The summed E-state index contributed by atoms with van der Waals surface area (Å²) < 4.78 is 5.32. The van der Waals surface area contributed by atoms with Gasteiger partial charge in [-0.05, 0) is 77.1 Å². The molecule has 1 saturated carbocycles. The molecule has 7 heteroatoms. The summed E-state index contributed by atoms with van der Waals surface area (Å²) in [4.78, 5) is 41.6. The topological polar surface area (TPSA) is 87.7 Å². The molecule has 0 saturated heterocycles. The summed E-state index contributed by atoms with van der Waals surface area (Å²) in [6.45, 7) is 10.7. The molecule has 0 spiro atoms. The number of anilines is 1. The zero-order chi connectivity index (χ0) is 26.6. The normalized spacial score (nSPS) is 14.7. The van der Waals surface area contributed by atoms with E-state index in [0.29, 0.717) is 16.8 Å². The largest absolute Gasteiger partial charge is 0.444 e. The summed E-state index contributed by atoms with van der Waals surface area (Å²) in [5.74, 6) is 1.91. The van der Waals surface area contributed by atoms with Crippen LogP contribution >= 0.6 is 0 Å². The fourth-order valence-electron chi connectivity index (χ4n) is 4.13. The van der Waals surface area contributed by atoms with E-state index in [1.807, 2.05) is 32.0 Å². The molecule has 1 aliphatic rings. The minimum atomic E-state index is -0.973. The minimum absolute atomic E-state index is 0.139. The number of carbonyl (C=O) groups is 3. The van der Waals surface area contributed by atoms with Crippen molar-refractivity contribution in [2.24, 2.45) is 0 Å². The molecule has 3 rings (SSSR count). The maximum absolute atomic E-state index is 13.9. The quantitative estimate of drug-likeness (QED) is 0.543. The van der Waals surface area contributed by atoms with Crippen molar-refractivity contribution in [2.75, 3.05) is 5.32 Å². The van der Waals surface area contributed by atoms with Crippen molar-refractivity contribution in [2.45, 2.75) is 78.1 Å². The first kappa shape index (κ1) is 26.8. The molecule has 0 aliphatic heterocycles. The molecule has 0 heterocycles. The van der Waals surface area contributed by atoms with Crippen molar-refractivity contribution in [1.29, 1.82) is 0 Å². The molecule has 1 fully saturated rings. The van der Waals surface area contributed by atoms with Crippen LogP contribution in [0.2, 0.25) is 0 Å². The van der Waals surface area contributed by atoms with Gasteiger partial charge in [0.1, 0.15) is 17.7 Å². The minimum Gasteiger partial charge on any atom is -0.444 e. The number of aryl methyl sites for hydroxylation is 2. The molecule has 2 aromatic rings. The van der Waals surface area contributed by atoms with E-state index in [0.717, 1.165) is 24.0 Å². The summed E-state index contributed by atoms with van der Waals surface area (Å²) in [7, 11) is 0. The second-order valence-corrected chi connectivity index (χ2v) is 10.2. The maximum atomic E-state index is 13.9. The SMILES string of the molecule is C#Cc1ccccc1C(C(=O)Nc1c(C)cccc1C)N(C(=O)C(C)NC(=O)OC(C)(C)C)C1CC1. The molecular weight excluding hydrogens is 454 g/mol. The fourth-order valence-corrected chi connectivity index (χ4v) is 4.13. The Kier molecular flexibility index (Phi) is 8.09. The van der Waals surface area contributed by atoms with Crippen LogP contribution in [0.3, 0.4) is 0 Å². The molecule has 190 valence electrons. The van der Waals surface area contributed by atoms with Gasteiger partial charge in [0.05, 0.1) is 0 Å². The highest BCUT2D eigenvalue weighted by Gasteiger charge is 2.44. The lowest BCUT2D eigenvalue weighted by molar-refractivity contribution is -0.141. The van der Waals surface area contributed by atoms with Crippen molar-refractivity contribution in [3.8, 4) is 12.3 Å². The highest BCUT2D eigenvalue weighted by atomic mass is 16.6. The van der Waals surface area contributed by atoms with Gasteiger partial charge >= 0.3 is 6.09 Å². The van der Waals surface area contributed by atoms with Crippen LogP contribution in [0.15, 0.2) is 42.5 Å². The Morgan fingerprint density at radius 2 is 1.67 bits per heavy atom. The smallest absolute Gasteiger partial charge is 0.408 e. The van der Waals surface area contributed by atoms with Crippen molar-refractivity contribution < 1.29 is 19.1 Å². The summed E-state index contributed by atoms with van der Waals surface area (Å²) in [5.41, 5.74) is 2.92. The van der Waals surface area contributed by atoms with Crippen LogP contribution < -0.4 is 10.6 Å². The number of terminal acetylenes is 1. The molecule has 36 heavy (non-hydrogen) atoms. The van der Waals surface area contributed by atoms with Crippen molar-refractivity contribution in [3.63, 3.8) is 0 Å². The fraction of sp³-hybridized carbons (Fsp3) is 0.414. The zero-order valence-electron chi connectivity index (χ0n) is 21.8. The molecule has 2 atom stereocenters. The van der Waals surface area contributed by atoms with Crippen LogP contribution in [0, 0.1) is 26.2 Å². The van der Waals surface area contributed by atoms with Crippen LogP contribution in [-0.2, 0) is 14.3 Å². The first-order valence-corrected chi connectivity index (χ1v) is 12.2. The molecule has 3 amide bonds. The summed E-state index contributed by atoms with van der Waals surface area (Å²) in [6.07, 6.45) is 6.61. The monoisotopic (exact) mass is 489 g/mol. The Balaban J connectivity index is 2.00. The molecule has 2 aromatic carbocycles. The van der Waals surface area contributed by atoms with Gasteiger partial charge in [-0.2, -0.15) is 0 Å². The molecular formula is C29H35N3O4. The Hall–Kier alpha value is -3.79. The first-order chi connectivity index (χ1) is 16.9. The number of carbonyl (C=O) groups excluding carboxylic acids is 3. The number of nitrogens with zero attached hydrogens (tertiary/aromatic N) is 1. The zero-order valence-corrected chi connectivity index (χ0v) is 21.8. The molecule has 1 aliphatic carbocycles. The number of benzene rings is 2. The van der Waals surface area contributed by atoms with Gasteiger partial charge in [0, 0.05) is 17.3 Å². The predicted octanol–water partition coefficient (Wildman–Crippen LogP) is 4.87. The van der Waals surface area contributed by atoms with Gasteiger partial charge in [-0.15, -0.1) is 6.42 Å². The van der Waals surface area contributed by atoms with Crippen LogP contribution in [-0.4, -0.2) is 40.5 Å². The number of para-hydroxylation sites is 1. The molecule has 2 unspecified atom stereocenters. The van der Waals surface area contributed by atoms with E-state index >= 15 is 0 Å². The van der Waals surface area contributed by atoms with Gasteiger partial charge in [-0.3, -0.25) is 9.59 Å². The van der Waals surface area contributed by atoms with Crippen molar-refractivity contribution >= 4 is 23.6 Å². The third-order valence-corrected chi connectivity index (χ3v) is 5.97. The Morgan fingerprint density at radius 3 is 2.22 bits per heavy atom. The highest BCUT2D eigenvalue weighted by molar-refractivity contribution is 6.00. The highest BCUT2D eigenvalue weighted by Crippen LogP contribution is 2.37. The van der Waals surface area contributed by atoms with Gasteiger partial charge in [0.25, 0.3) is 5.91 Å². The van der Waals surface area contributed by atoms with Gasteiger partial charge in [0.2, 0.25) is 5.91 Å². The van der Waals surface area contributed by atoms with E-state index in [1.54, 1.807) is 56.9 Å². The first-order valence-electron chi connectivity index (χ1n) is 12.2. The van der Waals surface area contributed by atoms with Gasteiger partial charge in [-0.25, -0.2) is 4.79 Å². The Bertz CT molecular complexity index is 1170. The average molecular weight is 490 g/mol. The lowest BCUT2D eigenvalue weighted by atomic mass is 9.97. The molecule has 2 N–H and O–H groups in total. The van der Waals surface area contributed by atoms with Gasteiger partial charge in [-0.1, -0.05) is 42.3 Å². The Morgan fingerprint density at radius 1 is 1.06 bits per heavy atom. The summed E-state index contributed by atoms with van der Waals surface area (Å²) in [6, 6.07) is 10.9. The number of alkyl carbamates (subject to hydrolysis) is 1. The van der Waals surface area contributed by atoms with E-state index in [1.165, 1.54) is 0 Å². The van der Waals surface area contributed by atoms with E-state index in [9.17, 15) is 14.4 Å². The molecule has 0 radical (unpaired) electrons. The lowest BCUT2D eigenvalue weighted by Crippen LogP contribution is -2.52. The Labute approximate surface area is 213 Å². The number of hydrogen-bond acceptors (Lipinski definition) is 4. The third kappa shape index (κ3) is 6.45. The molecule has 7 nitrogen and oxygen atoms in total. The van der Waals surface area contributed by atoms with Crippen LogP contribution in [0.5, 0.6) is 0 Å². The summed E-state index contributed by atoms with van der Waals surface area (Å²) >= 11 is 0. The van der Waals surface area contributed by atoms with E-state index in [4.69, 9.17) is 11.2 Å². The number of rotatable bonds is 7. The second kappa shape index (κ2) is 10.9. The maximum Gasteiger partial charge on any atom is 0.408 e. The van der Waals surface area contributed by atoms with Crippen LogP contribution in [0.1, 0.15) is 68.8 Å². The number of hydrogen-bond donors (Lipinski definition) is 2. The number of amides is 3. The molecule has 0 aromatic heterocycles. The van der Waals surface area contributed by atoms with E-state index in [2.05, 4.69) is 16.6 Å². The lowest BCUT2D eigenvalue weighted by Gasteiger charge is -2.34. The van der Waals surface area contributed by atoms with Crippen LogP contribution in [0.4, 0.5) is 10.5 Å². The predicted molar refractivity (Wildman–Crippen MR) is 140 cm³/mol. The van der Waals surface area contributed by atoms with Crippen LogP contribution in [0.25, 0.3) is 0 Å². The third-order valence-electron chi connectivity index (χ3n) is 5.97. The second-order valence-electron chi connectivity index (χ2n) is 10.2. The average Bonchev–Trinajstić information content (AvgIpc) is 3.63. The van der Waals surface area contributed by atoms with E-state index < -0.39 is 23.8 Å². The van der Waals surface area contributed by atoms with E-state index in [-0.39, 0.29) is 17.9 Å².